The van der Waals surface area contributed by atoms with Crippen molar-refractivity contribution < 1.29 is 0 Å². The maximum Gasteiger partial charge on any atom is 0.0328 e. The Hall–Kier alpha value is -0.420. The van der Waals surface area contributed by atoms with Gasteiger partial charge in [0.25, 0.3) is 0 Å². The first-order valence-corrected chi connectivity index (χ1v) is 9.29. The number of hydrogen-bond donors (Lipinski definition) is 1. The Morgan fingerprint density at radius 2 is 2.10 bits per heavy atom. The third-order valence-corrected chi connectivity index (χ3v) is 6.15. The summed E-state index contributed by atoms with van der Waals surface area (Å²) >= 11 is 1.98. The molecule has 2 aliphatic heterocycles. The highest BCUT2D eigenvalue weighted by Crippen LogP contribution is 2.30. The van der Waals surface area contributed by atoms with Crippen LogP contribution >= 0.6 is 11.3 Å². The molecule has 2 saturated heterocycles. The Labute approximate surface area is 133 Å². The van der Waals surface area contributed by atoms with Crippen LogP contribution in [0, 0.1) is 5.92 Å². The van der Waals surface area contributed by atoms with Crippen molar-refractivity contribution in [2.24, 2.45) is 5.92 Å². The molecule has 1 N–H and O–H groups in total. The molecule has 3 nitrogen and oxygen atoms in total. The van der Waals surface area contributed by atoms with Gasteiger partial charge in [0.05, 0.1) is 0 Å². The Balaban J connectivity index is 1.53. The zero-order valence-electron chi connectivity index (χ0n) is 13.5. The first-order valence-electron chi connectivity index (χ1n) is 8.47. The molecule has 118 valence electrons. The molecule has 21 heavy (non-hydrogen) atoms. The zero-order chi connectivity index (χ0) is 14.7. The van der Waals surface area contributed by atoms with Gasteiger partial charge in [0, 0.05) is 42.0 Å². The van der Waals surface area contributed by atoms with Crippen LogP contribution in [-0.4, -0.2) is 49.1 Å². The minimum atomic E-state index is 0.850. The van der Waals surface area contributed by atoms with Crippen LogP contribution in [0.5, 0.6) is 0 Å². The topological polar surface area (TPSA) is 18.5 Å². The molecule has 0 aliphatic carbocycles. The summed E-state index contributed by atoms with van der Waals surface area (Å²) < 4.78 is 0. The molecule has 0 aromatic carbocycles. The van der Waals surface area contributed by atoms with Crippen LogP contribution in [-0.2, 0) is 13.1 Å². The van der Waals surface area contributed by atoms with Gasteiger partial charge < -0.3 is 10.2 Å². The number of nitrogens with one attached hydrogen (secondary N) is 1. The van der Waals surface area contributed by atoms with E-state index < -0.39 is 0 Å². The van der Waals surface area contributed by atoms with Crippen LogP contribution in [0.15, 0.2) is 12.1 Å². The Morgan fingerprint density at radius 3 is 2.95 bits per heavy atom. The highest BCUT2D eigenvalue weighted by atomic mass is 32.1. The normalized spacial score (nSPS) is 27.7. The second-order valence-electron chi connectivity index (χ2n) is 6.62. The van der Waals surface area contributed by atoms with Crippen molar-refractivity contribution in [2.75, 3.05) is 33.2 Å². The monoisotopic (exact) mass is 307 g/mol. The fraction of sp³-hybridized carbons (Fsp3) is 0.765. The molecule has 4 heteroatoms. The summed E-state index contributed by atoms with van der Waals surface area (Å²) in [6.45, 7) is 9.28. The summed E-state index contributed by atoms with van der Waals surface area (Å²) in [5.41, 5.74) is 0. The molecule has 2 fully saturated rings. The predicted molar refractivity (Wildman–Crippen MR) is 90.7 cm³/mol. The Bertz CT molecular complexity index is 445. The minimum Gasteiger partial charge on any atom is -0.312 e. The largest absolute Gasteiger partial charge is 0.312 e. The van der Waals surface area contributed by atoms with Crippen molar-refractivity contribution in [1.29, 1.82) is 0 Å². The van der Waals surface area contributed by atoms with Crippen LogP contribution in [0.3, 0.4) is 0 Å². The summed E-state index contributed by atoms with van der Waals surface area (Å²) in [6.07, 6.45) is 4.18. The summed E-state index contributed by atoms with van der Waals surface area (Å²) in [5.74, 6) is 0.902. The van der Waals surface area contributed by atoms with Crippen LogP contribution in [0.25, 0.3) is 0 Å². The summed E-state index contributed by atoms with van der Waals surface area (Å²) in [5, 5.41) is 3.41. The van der Waals surface area contributed by atoms with Crippen molar-refractivity contribution in [2.45, 2.75) is 45.3 Å². The van der Waals surface area contributed by atoms with Gasteiger partial charge in [-0.25, -0.2) is 0 Å². The van der Waals surface area contributed by atoms with E-state index in [1.54, 1.807) is 0 Å². The van der Waals surface area contributed by atoms with Crippen LogP contribution in [0.2, 0.25) is 0 Å². The minimum absolute atomic E-state index is 0.850. The average Bonchev–Trinajstić information content (AvgIpc) is 2.93. The van der Waals surface area contributed by atoms with E-state index in [0.717, 1.165) is 31.6 Å². The van der Waals surface area contributed by atoms with Gasteiger partial charge >= 0.3 is 0 Å². The molecule has 2 atom stereocenters. The maximum absolute atomic E-state index is 3.41. The first kappa shape index (κ1) is 15.5. The standard InChI is InChI=1S/C17H29N3S/c1-3-18-11-15-6-7-16(21-15)13-20-10-8-17-14(12-20)5-4-9-19(17)2/h6-7,14,17-18H,3-5,8-13H2,1-2H3. The van der Waals surface area contributed by atoms with Crippen molar-refractivity contribution in [3.63, 3.8) is 0 Å². The molecule has 0 spiro atoms. The molecular formula is C17H29N3S. The Kier molecular flexibility index (Phi) is 5.33. The van der Waals surface area contributed by atoms with E-state index in [1.807, 2.05) is 11.3 Å². The van der Waals surface area contributed by atoms with E-state index in [2.05, 4.69) is 41.2 Å². The highest BCUT2D eigenvalue weighted by Gasteiger charge is 2.34. The number of nitrogens with zero attached hydrogens (tertiary/aromatic N) is 2. The van der Waals surface area contributed by atoms with E-state index in [-0.39, 0.29) is 0 Å². The van der Waals surface area contributed by atoms with Gasteiger partial charge in [-0.15, -0.1) is 11.3 Å². The van der Waals surface area contributed by atoms with Crippen molar-refractivity contribution in [3.05, 3.63) is 21.9 Å². The lowest BCUT2D eigenvalue weighted by Gasteiger charge is -2.46. The fourth-order valence-electron chi connectivity index (χ4n) is 3.94. The molecule has 2 unspecified atom stereocenters. The van der Waals surface area contributed by atoms with E-state index in [0.29, 0.717) is 0 Å². The van der Waals surface area contributed by atoms with Gasteiger partial charge in [-0.2, -0.15) is 0 Å². The number of likely N-dealkylation sites (tertiary alicyclic amines) is 2. The second kappa shape index (κ2) is 7.23. The van der Waals surface area contributed by atoms with Crippen molar-refractivity contribution in [3.8, 4) is 0 Å². The van der Waals surface area contributed by atoms with Gasteiger partial charge in [0.1, 0.15) is 0 Å². The molecule has 2 aliphatic rings. The Morgan fingerprint density at radius 1 is 1.24 bits per heavy atom. The lowest BCUT2D eigenvalue weighted by molar-refractivity contribution is 0.0359. The number of hydrogen-bond acceptors (Lipinski definition) is 4. The number of thiophene rings is 1. The summed E-state index contributed by atoms with van der Waals surface area (Å²) in [7, 11) is 2.32. The lowest BCUT2D eigenvalue weighted by atomic mass is 9.84. The third kappa shape index (κ3) is 3.86. The van der Waals surface area contributed by atoms with E-state index >= 15 is 0 Å². The molecular weight excluding hydrogens is 278 g/mol. The smallest absolute Gasteiger partial charge is 0.0328 e. The van der Waals surface area contributed by atoms with Gasteiger partial charge in [-0.05, 0) is 57.5 Å². The fourth-order valence-corrected chi connectivity index (χ4v) is 4.97. The van der Waals surface area contributed by atoms with Gasteiger partial charge in [0.15, 0.2) is 0 Å². The third-order valence-electron chi connectivity index (χ3n) is 5.08. The SMILES string of the molecule is CCNCc1ccc(CN2CCC3C(CCCN3C)C2)s1. The molecule has 3 heterocycles. The van der Waals surface area contributed by atoms with Crippen molar-refractivity contribution in [1.82, 2.24) is 15.1 Å². The first-order chi connectivity index (χ1) is 10.3. The maximum atomic E-state index is 3.41. The zero-order valence-corrected chi connectivity index (χ0v) is 14.3. The number of piperidine rings is 2. The van der Waals surface area contributed by atoms with E-state index in [1.165, 1.54) is 48.7 Å². The van der Waals surface area contributed by atoms with Crippen LogP contribution in [0.4, 0.5) is 0 Å². The van der Waals surface area contributed by atoms with Crippen LogP contribution < -0.4 is 5.32 Å². The molecule has 1 aromatic heterocycles. The summed E-state index contributed by atoms with van der Waals surface area (Å²) in [6, 6.07) is 5.47. The molecule has 0 saturated carbocycles. The van der Waals surface area contributed by atoms with Gasteiger partial charge in [-0.3, -0.25) is 4.90 Å². The quantitative estimate of drug-likeness (QED) is 0.902. The number of fused-ring (bicyclic) bond motifs is 1. The molecule has 0 radical (unpaired) electrons. The van der Waals surface area contributed by atoms with E-state index in [4.69, 9.17) is 0 Å². The molecule has 3 rings (SSSR count). The lowest BCUT2D eigenvalue weighted by Crippen LogP contribution is -2.52. The number of rotatable bonds is 5. The highest BCUT2D eigenvalue weighted by molar-refractivity contribution is 7.11. The summed E-state index contributed by atoms with van der Waals surface area (Å²) in [4.78, 5) is 8.29. The molecule has 0 amide bonds. The van der Waals surface area contributed by atoms with Gasteiger partial charge in [0.2, 0.25) is 0 Å². The van der Waals surface area contributed by atoms with E-state index in [9.17, 15) is 0 Å². The van der Waals surface area contributed by atoms with Gasteiger partial charge in [-0.1, -0.05) is 6.92 Å². The van der Waals surface area contributed by atoms with Crippen LogP contribution in [0.1, 0.15) is 35.9 Å². The average molecular weight is 308 g/mol. The second-order valence-corrected chi connectivity index (χ2v) is 7.88. The molecule has 0 bridgehead atoms. The van der Waals surface area contributed by atoms with Crippen molar-refractivity contribution >= 4 is 11.3 Å². The predicted octanol–water partition coefficient (Wildman–Crippen LogP) is 2.77. The molecule has 1 aromatic rings.